The van der Waals surface area contributed by atoms with Gasteiger partial charge < -0.3 is 5.32 Å². The van der Waals surface area contributed by atoms with Crippen molar-refractivity contribution >= 4 is 34.7 Å². The summed E-state index contributed by atoms with van der Waals surface area (Å²) in [7, 11) is 0. The third-order valence-electron chi connectivity index (χ3n) is 3.81. The minimum Gasteiger partial charge on any atom is -0.322 e. The van der Waals surface area contributed by atoms with E-state index in [1.54, 1.807) is 23.1 Å². The second-order valence-corrected chi connectivity index (χ2v) is 7.75. The number of anilines is 1. The van der Waals surface area contributed by atoms with Gasteiger partial charge in [-0.2, -0.15) is 0 Å². The lowest BCUT2D eigenvalue weighted by atomic mass is 10.1. The zero-order valence-electron chi connectivity index (χ0n) is 20.4. The van der Waals surface area contributed by atoms with E-state index < -0.39 is 0 Å². The molecule has 0 saturated carbocycles. The molecule has 1 aromatic heterocycles. The number of nitrogens with zero attached hydrogens (tertiary/aromatic N) is 1. The van der Waals surface area contributed by atoms with E-state index in [2.05, 4.69) is 29.5 Å². The van der Waals surface area contributed by atoms with E-state index in [4.69, 9.17) is 0 Å². The van der Waals surface area contributed by atoms with Crippen molar-refractivity contribution in [3.05, 3.63) is 64.5 Å². The predicted octanol–water partition coefficient (Wildman–Crippen LogP) is 8.99. The van der Waals surface area contributed by atoms with Gasteiger partial charge in [-0.15, -0.1) is 23.1 Å². The van der Waals surface area contributed by atoms with Crippen molar-refractivity contribution < 1.29 is 4.79 Å². The van der Waals surface area contributed by atoms with Gasteiger partial charge in [-0.1, -0.05) is 67.5 Å². The third-order valence-corrected chi connectivity index (χ3v) is 5.70. The largest absolute Gasteiger partial charge is 0.322 e. The van der Waals surface area contributed by atoms with Crippen molar-refractivity contribution in [1.29, 1.82) is 0 Å². The standard InChI is InChI=1S/C20H20N2OS2.3C2H6/c1-13(2)20-22-18(12-25-20)14-4-8-16(9-5-14)21-19(23)15-6-10-17(24-3)11-7-15;3*1-2/h4-13H,1-3H3,(H,21,23);3*1-2H3. The Balaban J connectivity index is 0.00000138. The lowest BCUT2D eigenvalue weighted by Crippen LogP contribution is -2.11. The first kappa shape index (κ1) is 28.9. The predicted molar refractivity (Wildman–Crippen MR) is 142 cm³/mol. The van der Waals surface area contributed by atoms with Crippen LogP contribution in [0.15, 0.2) is 58.8 Å². The van der Waals surface area contributed by atoms with Crippen LogP contribution >= 0.6 is 23.1 Å². The lowest BCUT2D eigenvalue weighted by Gasteiger charge is -2.07. The van der Waals surface area contributed by atoms with Gasteiger partial charge in [-0.3, -0.25) is 4.79 Å². The third kappa shape index (κ3) is 9.28. The molecule has 1 N–H and O–H groups in total. The fourth-order valence-corrected chi connectivity index (χ4v) is 3.61. The Labute approximate surface area is 197 Å². The van der Waals surface area contributed by atoms with E-state index in [1.807, 2.05) is 96.3 Å². The molecule has 0 aliphatic carbocycles. The fraction of sp³-hybridized carbons (Fsp3) is 0.385. The minimum absolute atomic E-state index is 0.101. The molecule has 0 radical (unpaired) electrons. The van der Waals surface area contributed by atoms with Gasteiger partial charge in [0.25, 0.3) is 5.91 Å². The summed E-state index contributed by atoms with van der Waals surface area (Å²) in [5.41, 5.74) is 3.48. The highest BCUT2D eigenvalue weighted by atomic mass is 32.2. The van der Waals surface area contributed by atoms with Crippen LogP contribution in [0, 0.1) is 0 Å². The molecule has 3 aromatic rings. The van der Waals surface area contributed by atoms with Gasteiger partial charge in [0.05, 0.1) is 10.7 Å². The molecule has 5 heteroatoms. The van der Waals surface area contributed by atoms with Gasteiger partial charge in [-0.05, 0) is 42.7 Å². The summed E-state index contributed by atoms with van der Waals surface area (Å²) in [6, 6.07) is 15.4. The zero-order chi connectivity index (χ0) is 23.8. The molecule has 0 unspecified atom stereocenters. The van der Waals surface area contributed by atoms with E-state index >= 15 is 0 Å². The average Bonchev–Trinajstić information content (AvgIpc) is 3.34. The van der Waals surface area contributed by atoms with Crippen molar-refractivity contribution in [3.63, 3.8) is 0 Å². The van der Waals surface area contributed by atoms with E-state index in [1.165, 1.54) is 0 Å². The van der Waals surface area contributed by atoms with Crippen molar-refractivity contribution in [2.75, 3.05) is 11.6 Å². The minimum atomic E-state index is -0.101. The highest BCUT2D eigenvalue weighted by molar-refractivity contribution is 7.98. The monoisotopic (exact) mass is 458 g/mol. The Bertz CT molecular complexity index is 854. The van der Waals surface area contributed by atoms with Gasteiger partial charge >= 0.3 is 0 Å². The molecule has 170 valence electrons. The summed E-state index contributed by atoms with van der Waals surface area (Å²) >= 11 is 3.34. The molecule has 1 heterocycles. The van der Waals surface area contributed by atoms with Crippen LogP contribution in [-0.2, 0) is 0 Å². The van der Waals surface area contributed by atoms with Crippen molar-refractivity contribution in [1.82, 2.24) is 4.98 Å². The molecule has 0 saturated heterocycles. The number of amides is 1. The zero-order valence-corrected chi connectivity index (χ0v) is 22.1. The number of thiazole rings is 1. The average molecular weight is 459 g/mol. The molecule has 0 aliphatic heterocycles. The van der Waals surface area contributed by atoms with Crippen LogP contribution in [0.5, 0.6) is 0 Å². The fourth-order valence-electron chi connectivity index (χ4n) is 2.36. The van der Waals surface area contributed by atoms with E-state index in [-0.39, 0.29) is 5.91 Å². The van der Waals surface area contributed by atoms with Crippen LogP contribution < -0.4 is 5.32 Å². The first-order chi connectivity index (χ1) is 15.1. The maximum absolute atomic E-state index is 12.3. The molecule has 3 nitrogen and oxygen atoms in total. The van der Waals surface area contributed by atoms with Crippen LogP contribution in [0.4, 0.5) is 5.69 Å². The number of hydrogen-bond donors (Lipinski definition) is 1. The summed E-state index contributed by atoms with van der Waals surface area (Å²) in [6.45, 7) is 16.3. The Kier molecular flexibility index (Phi) is 15.4. The maximum atomic E-state index is 12.3. The van der Waals surface area contributed by atoms with Crippen LogP contribution in [0.25, 0.3) is 11.3 Å². The molecule has 2 aromatic carbocycles. The van der Waals surface area contributed by atoms with Crippen LogP contribution in [0.3, 0.4) is 0 Å². The first-order valence-electron chi connectivity index (χ1n) is 11.1. The normalized spacial score (nSPS) is 9.35. The van der Waals surface area contributed by atoms with Crippen LogP contribution in [0.2, 0.25) is 0 Å². The summed E-state index contributed by atoms with van der Waals surface area (Å²) in [5.74, 6) is 0.339. The number of carbonyl (C=O) groups is 1. The number of hydrogen-bond acceptors (Lipinski definition) is 4. The summed E-state index contributed by atoms with van der Waals surface area (Å²) < 4.78 is 0. The van der Waals surface area contributed by atoms with E-state index in [0.29, 0.717) is 11.5 Å². The molecule has 31 heavy (non-hydrogen) atoms. The quantitative estimate of drug-likeness (QED) is 0.388. The second kappa shape index (κ2) is 16.6. The number of thioether (sulfide) groups is 1. The molecule has 0 aliphatic rings. The van der Waals surface area contributed by atoms with Crippen LogP contribution in [0.1, 0.15) is 76.7 Å². The Morgan fingerprint density at radius 3 is 1.90 bits per heavy atom. The van der Waals surface area contributed by atoms with E-state index in [9.17, 15) is 4.79 Å². The van der Waals surface area contributed by atoms with Gasteiger partial charge in [0.1, 0.15) is 0 Å². The first-order valence-corrected chi connectivity index (χ1v) is 13.2. The van der Waals surface area contributed by atoms with Crippen LogP contribution in [-0.4, -0.2) is 17.1 Å². The molecule has 0 fully saturated rings. The smallest absolute Gasteiger partial charge is 0.255 e. The number of aromatic nitrogens is 1. The number of carbonyl (C=O) groups excluding carboxylic acids is 1. The van der Waals surface area contributed by atoms with Crippen molar-refractivity contribution in [3.8, 4) is 11.3 Å². The van der Waals surface area contributed by atoms with Gasteiger partial charge in [0.15, 0.2) is 0 Å². The lowest BCUT2D eigenvalue weighted by molar-refractivity contribution is 0.102. The molecule has 1 amide bonds. The highest BCUT2D eigenvalue weighted by Gasteiger charge is 2.09. The van der Waals surface area contributed by atoms with Gasteiger partial charge in [0, 0.05) is 33.0 Å². The molecular weight excluding hydrogens is 420 g/mol. The summed E-state index contributed by atoms with van der Waals surface area (Å²) in [4.78, 5) is 18.1. The summed E-state index contributed by atoms with van der Waals surface area (Å²) in [5, 5.41) is 6.15. The highest BCUT2D eigenvalue weighted by Crippen LogP contribution is 2.27. The Hall–Kier alpha value is -2.11. The number of benzene rings is 2. The molecule has 3 rings (SSSR count). The Morgan fingerprint density at radius 1 is 0.903 bits per heavy atom. The topological polar surface area (TPSA) is 42.0 Å². The van der Waals surface area contributed by atoms with Gasteiger partial charge in [-0.25, -0.2) is 4.98 Å². The molecular formula is C26H38N2OS2. The number of rotatable bonds is 5. The van der Waals surface area contributed by atoms with Crippen molar-refractivity contribution in [2.24, 2.45) is 0 Å². The molecule has 0 bridgehead atoms. The Morgan fingerprint density at radius 2 is 1.45 bits per heavy atom. The van der Waals surface area contributed by atoms with Crippen molar-refractivity contribution in [2.45, 2.75) is 66.2 Å². The maximum Gasteiger partial charge on any atom is 0.255 e. The number of nitrogens with one attached hydrogen (secondary N) is 1. The molecule has 0 spiro atoms. The second-order valence-electron chi connectivity index (χ2n) is 5.99. The van der Waals surface area contributed by atoms with E-state index in [0.717, 1.165) is 26.8 Å². The SMILES string of the molecule is CC.CC.CC.CSc1ccc(C(=O)Nc2ccc(-c3csc(C(C)C)n3)cc2)cc1. The summed E-state index contributed by atoms with van der Waals surface area (Å²) in [6.07, 6.45) is 2.02. The van der Waals surface area contributed by atoms with Gasteiger partial charge in [0.2, 0.25) is 0 Å². The molecule has 0 atom stereocenters.